The number of rotatable bonds is 3. The summed E-state index contributed by atoms with van der Waals surface area (Å²) < 4.78 is 3.88. The lowest BCUT2D eigenvalue weighted by atomic mass is 10.1. The van der Waals surface area contributed by atoms with Crippen LogP contribution in [0.4, 0.5) is 10.5 Å². The fourth-order valence-corrected chi connectivity index (χ4v) is 4.25. The highest BCUT2D eigenvalue weighted by atomic mass is 79.9. The Bertz CT molecular complexity index is 1310. The summed E-state index contributed by atoms with van der Waals surface area (Å²) in [6, 6.07) is 14.1. The Morgan fingerprint density at radius 3 is 2.19 bits per heavy atom. The third-order valence-electron chi connectivity index (χ3n) is 5.36. The maximum atomic E-state index is 13.2. The Labute approximate surface area is 202 Å². The largest absolute Gasteiger partial charge is 0.335 e. The Kier molecular flexibility index (Phi) is 5.92. The van der Waals surface area contributed by atoms with Gasteiger partial charge < -0.3 is 4.57 Å². The third kappa shape index (κ3) is 3.96. The van der Waals surface area contributed by atoms with Crippen LogP contribution < -0.4 is 10.2 Å². The van der Waals surface area contributed by atoms with E-state index in [1.54, 1.807) is 24.3 Å². The second-order valence-corrected chi connectivity index (χ2v) is 9.30. The number of nitrogens with zero attached hydrogens (tertiary/aromatic N) is 2. The van der Waals surface area contributed by atoms with Crippen molar-refractivity contribution in [1.82, 2.24) is 9.88 Å². The number of carbonyl (C=O) groups excluding carboxylic acids is 3. The van der Waals surface area contributed by atoms with Crippen molar-refractivity contribution in [3.8, 4) is 5.69 Å². The van der Waals surface area contributed by atoms with Gasteiger partial charge in [-0.2, -0.15) is 0 Å². The fourth-order valence-electron chi connectivity index (χ4n) is 3.74. The molecule has 4 rings (SSSR count). The summed E-state index contributed by atoms with van der Waals surface area (Å²) in [6.45, 7) is 5.74. The molecule has 0 aliphatic carbocycles. The quantitative estimate of drug-likeness (QED) is 0.337. The van der Waals surface area contributed by atoms with Gasteiger partial charge in [0.05, 0.1) is 5.69 Å². The van der Waals surface area contributed by atoms with Gasteiger partial charge in [0.1, 0.15) is 5.57 Å². The van der Waals surface area contributed by atoms with Crippen LogP contribution in [0.5, 0.6) is 0 Å². The van der Waals surface area contributed by atoms with Crippen molar-refractivity contribution < 1.29 is 14.4 Å². The van der Waals surface area contributed by atoms with E-state index in [1.807, 2.05) is 55.7 Å². The molecule has 0 spiro atoms. The first-order valence-electron chi connectivity index (χ1n) is 9.80. The number of aromatic nitrogens is 1. The van der Waals surface area contributed by atoms with Gasteiger partial charge >= 0.3 is 6.03 Å². The number of barbiturate groups is 1. The normalized spacial score (nSPS) is 15.5. The molecule has 32 heavy (non-hydrogen) atoms. The zero-order chi connectivity index (χ0) is 23.2. The van der Waals surface area contributed by atoms with Crippen LogP contribution >= 0.6 is 31.9 Å². The van der Waals surface area contributed by atoms with Gasteiger partial charge in [0.25, 0.3) is 11.8 Å². The third-order valence-corrected chi connectivity index (χ3v) is 6.77. The summed E-state index contributed by atoms with van der Waals surface area (Å²) in [6.07, 6.45) is 1.54. The van der Waals surface area contributed by atoms with E-state index in [2.05, 4.69) is 37.2 Å². The SMILES string of the molecule is Cc1cc(N2C(=O)NC(=O)/C(=C/c3cc(C)n(-c4ccc(Br)cc4)c3C)C2=O)ccc1Br. The van der Waals surface area contributed by atoms with E-state index in [1.165, 1.54) is 0 Å². The molecule has 1 aliphatic rings. The average molecular weight is 557 g/mol. The molecule has 4 amide bonds. The molecular formula is C24H19Br2N3O3. The van der Waals surface area contributed by atoms with Crippen LogP contribution in [0.2, 0.25) is 0 Å². The van der Waals surface area contributed by atoms with E-state index in [9.17, 15) is 14.4 Å². The summed E-state index contributed by atoms with van der Waals surface area (Å²) in [5.41, 5.74) is 4.69. The number of urea groups is 1. The van der Waals surface area contributed by atoms with Crippen molar-refractivity contribution in [2.75, 3.05) is 4.90 Å². The van der Waals surface area contributed by atoms with Crippen LogP contribution in [0.1, 0.15) is 22.5 Å². The maximum absolute atomic E-state index is 13.2. The Morgan fingerprint density at radius 1 is 0.875 bits per heavy atom. The molecule has 8 heteroatoms. The molecule has 1 aliphatic heterocycles. The summed E-state index contributed by atoms with van der Waals surface area (Å²) in [5, 5.41) is 2.28. The number of hydrogen-bond donors (Lipinski definition) is 1. The number of halogens is 2. The molecule has 1 N–H and O–H groups in total. The minimum absolute atomic E-state index is 0.0961. The monoisotopic (exact) mass is 555 g/mol. The number of nitrogens with one attached hydrogen (secondary N) is 1. The van der Waals surface area contributed by atoms with E-state index >= 15 is 0 Å². The van der Waals surface area contributed by atoms with Crippen LogP contribution in [0.3, 0.4) is 0 Å². The van der Waals surface area contributed by atoms with Crippen molar-refractivity contribution in [3.05, 3.63) is 85.6 Å². The number of anilines is 1. The van der Waals surface area contributed by atoms with Gasteiger partial charge in [0.2, 0.25) is 0 Å². The fraction of sp³-hybridized carbons (Fsp3) is 0.125. The van der Waals surface area contributed by atoms with Gasteiger partial charge in [-0.25, -0.2) is 9.69 Å². The molecule has 2 heterocycles. The standard InChI is InChI=1S/C24H19Br2N3O3/c1-13-10-19(8-9-21(13)26)29-23(31)20(22(30)27-24(29)32)12-16-11-14(2)28(15(16)3)18-6-4-17(25)5-7-18/h4-12H,1-3H3,(H,27,30,32)/b20-12-. The minimum atomic E-state index is -0.765. The van der Waals surface area contributed by atoms with Gasteiger partial charge in [0, 0.05) is 26.0 Å². The average Bonchev–Trinajstić information content (AvgIpc) is 3.01. The Morgan fingerprint density at radius 2 is 1.53 bits per heavy atom. The number of aryl methyl sites for hydroxylation is 2. The summed E-state index contributed by atoms with van der Waals surface area (Å²) in [4.78, 5) is 39.2. The number of hydrogen-bond acceptors (Lipinski definition) is 3. The van der Waals surface area contributed by atoms with Crippen molar-refractivity contribution in [3.63, 3.8) is 0 Å². The molecule has 0 bridgehead atoms. The lowest BCUT2D eigenvalue weighted by molar-refractivity contribution is -0.122. The highest BCUT2D eigenvalue weighted by molar-refractivity contribution is 9.10. The first-order chi connectivity index (χ1) is 15.2. The molecule has 1 fully saturated rings. The lowest BCUT2D eigenvalue weighted by Gasteiger charge is -2.26. The number of benzene rings is 2. The van der Waals surface area contributed by atoms with E-state index in [-0.39, 0.29) is 5.57 Å². The predicted molar refractivity (Wildman–Crippen MR) is 131 cm³/mol. The summed E-state index contributed by atoms with van der Waals surface area (Å²) >= 11 is 6.86. The molecule has 0 atom stereocenters. The van der Waals surface area contributed by atoms with Crippen molar-refractivity contribution in [2.45, 2.75) is 20.8 Å². The van der Waals surface area contributed by atoms with Crippen LogP contribution in [-0.4, -0.2) is 22.4 Å². The van der Waals surface area contributed by atoms with Gasteiger partial charge in [-0.15, -0.1) is 0 Å². The molecule has 0 unspecified atom stereocenters. The van der Waals surface area contributed by atoms with Gasteiger partial charge in [-0.1, -0.05) is 31.9 Å². The van der Waals surface area contributed by atoms with Crippen LogP contribution in [0.25, 0.3) is 11.8 Å². The van der Waals surface area contributed by atoms with Crippen LogP contribution in [-0.2, 0) is 9.59 Å². The molecule has 1 aromatic heterocycles. The second-order valence-electron chi connectivity index (χ2n) is 7.53. The zero-order valence-corrected chi connectivity index (χ0v) is 20.7. The lowest BCUT2D eigenvalue weighted by Crippen LogP contribution is -2.54. The van der Waals surface area contributed by atoms with Crippen LogP contribution in [0, 0.1) is 20.8 Å². The first-order valence-corrected chi connectivity index (χ1v) is 11.4. The predicted octanol–water partition coefficient (Wildman–Crippen LogP) is 5.59. The molecule has 6 nitrogen and oxygen atoms in total. The topological polar surface area (TPSA) is 71.4 Å². The minimum Gasteiger partial charge on any atom is -0.318 e. The maximum Gasteiger partial charge on any atom is 0.335 e. The van der Waals surface area contributed by atoms with Gasteiger partial charge in [-0.3, -0.25) is 14.9 Å². The molecule has 0 saturated carbocycles. The highest BCUT2D eigenvalue weighted by Crippen LogP contribution is 2.28. The summed E-state index contributed by atoms with van der Waals surface area (Å²) in [7, 11) is 0. The van der Waals surface area contributed by atoms with E-state index in [0.29, 0.717) is 5.69 Å². The molecule has 162 valence electrons. The molecule has 2 aromatic carbocycles. The Hall–Kier alpha value is -2.97. The number of carbonyl (C=O) groups is 3. The van der Waals surface area contributed by atoms with Gasteiger partial charge in [-0.05, 0) is 86.5 Å². The molecule has 1 saturated heterocycles. The molecule has 0 radical (unpaired) electrons. The van der Waals surface area contributed by atoms with Crippen molar-refractivity contribution >= 4 is 61.5 Å². The van der Waals surface area contributed by atoms with Crippen LogP contribution in [0.15, 0.2) is 63.0 Å². The molecular weight excluding hydrogens is 538 g/mol. The summed E-state index contributed by atoms with van der Waals surface area (Å²) in [5.74, 6) is -1.37. The van der Waals surface area contributed by atoms with Gasteiger partial charge in [0.15, 0.2) is 0 Å². The zero-order valence-electron chi connectivity index (χ0n) is 17.6. The van der Waals surface area contributed by atoms with Crippen molar-refractivity contribution in [2.24, 2.45) is 0 Å². The first kappa shape index (κ1) is 22.2. The smallest absolute Gasteiger partial charge is 0.318 e. The highest BCUT2D eigenvalue weighted by Gasteiger charge is 2.37. The van der Waals surface area contributed by atoms with E-state index in [0.717, 1.165) is 42.0 Å². The number of amides is 4. The second kappa shape index (κ2) is 8.52. The van der Waals surface area contributed by atoms with E-state index in [4.69, 9.17) is 0 Å². The molecule has 3 aromatic rings. The van der Waals surface area contributed by atoms with Crippen molar-refractivity contribution in [1.29, 1.82) is 0 Å². The van der Waals surface area contributed by atoms with E-state index < -0.39 is 17.8 Å². The Balaban J connectivity index is 1.76. The number of imide groups is 2.